The first kappa shape index (κ1) is 24.1. The van der Waals surface area contributed by atoms with Crippen molar-refractivity contribution in [3.8, 4) is 5.75 Å². The summed E-state index contributed by atoms with van der Waals surface area (Å²) in [6, 6.07) is 6.48. The number of benzene rings is 1. The van der Waals surface area contributed by atoms with E-state index >= 15 is 0 Å². The van der Waals surface area contributed by atoms with E-state index in [-0.39, 0.29) is 48.3 Å². The minimum absolute atomic E-state index is 0.00201. The van der Waals surface area contributed by atoms with Crippen LogP contribution in [0.15, 0.2) is 18.2 Å². The molecule has 6 heteroatoms. The van der Waals surface area contributed by atoms with Gasteiger partial charge in [0, 0.05) is 24.4 Å². The van der Waals surface area contributed by atoms with Gasteiger partial charge in [0.25, 0.3) is 0 Å². The van der Waals surface area contributed by atoms with Gasteiger partial charge in [0.1, 0.15) is 11.4 Å². The summed E-state index contributed by atoms with van der Waals surface area (Å²) in [5.74, 6) is 0.182. The molecule has 3 heterocycles. The molecule has 33 heavy (non-hydrogen) atoms. The lowest BCUT2D eigenvalue weighted by atomic mass is 9.73. The summed E-state index contributed by atoms with van der Waals surface area (Å²) >= 11 is 0. The molecule has 0 bridgehead atoms. The first-order valence-electron chi connectivity index (χ1n) is 12.2. The molecule has 3 aliphatic rings. The van der Waals surface area contributed by atoms with Crippen LogP contribution >= 0.6 is 0 Å². The van der Waals surface area contributed by atoms with Crippen LogP contribution in [0.2, 0.25) is 0 Å². The highest BCUT2D eigenvalue weighted by Gasteiger charge is 2.54. The van der Waals surface area contributed by atoms with E-state index in [1.807, 2.05) is 18.7 Å². The molecule has 1 amide bonds. The Kier molecular flexibility index (Phi) is 5.83. The Morgan fingerprint density at radius 2 is 1.85 bits per heavy atom. The Balaban J connectivity index is 1.58. The fourth-order valence-electron chi connectivity index (χ4n) is 5.85. The van der Waals surface area contributed by atoms with Crippen molar-refractivity contribution in [1.82, 2.24) is 4.90 Å². The van der Waals surface area contributed by atoms with Crippen LogP contribution in [0.3, 0.4) is 0 Å². The third-order valence-corrected chi connectivity index (χ3v) is 7.69. The number of hydrogen-bond acceptors (Lipinski definition) is 4. The molecule has 0 aromatic heterocycles. The maximum atomic E-state index is 13.2. The Morgan fingerprint density at radius 3 is 2.48 bits per heavy atom. The lowest BCUT2D eigenvalue weighted by Gasteiger charge is -2.51. The van der Waals surface area contributed by atoms with Gasteiger partial charge >= 0.3 is 5.97 Å². The number of carbonyl (C=O) groups excluding carboxylic acids is 1. The van der Waals surface area contributed by atoms with Gasteiger partial charge < -0.3 is 19.5 Å². The topological polar surface area (TPSA) is 76.1 Å². The number of nitrogens with zero attached hydrogens (tertiary/aromatic N) is 1. The molecule has 3 aliphatic heterocycles. The molecule has 0 saturated carbocycles. The van der Waals surface area contributed by atoms with Crippen molar-refractivity contribution in [3.05, 3.63) is 29.3 Å². The van der Waals surface area contributed by atoms with Crippen molar-refractivity contribution in [2.24, 2.45) is 11.3 Å². The quantitative estimate of drug-likeness (QED) is 0.681. The number of carboxylic acid groups (broad SMARTS) is 1. The predicted molar refractivity (Wildman–Crippen MR) is 126 cm³/mol. The maximum absolute atomic E-state index is 13.2. The Bertz CT molecular complexity index is 944. The fourth-order valence-corrected chi connectivity index (χ4v) is 5.85. The molecule has 1 aromatic rings. The van der Waals surface area contributed by atoms with E-state index in [1.165, 1.54) is 5.56 Å². The molecule has 0 spiro atoms. The molecule has 0 aliphatic carbocycles. The van der Waals surface area contributed by atoms with Crippen molar-refractivity contribution >= 4 is 11.9 Å². The van der Waals surface area contributed by atoms with E-state index < -0.39 is 17.0 Å². The van der Waals surface area contributed by atoms with Gasteiger partial charge in [-0.25, -0.2) is 0 Å². The molecule has 2 fully saturated rings. The molecular formula is C27H39NO5. The average Bonchev–Trinajstić information content (AvgIpc) is 3.07. The second kappa shape index (κ2) is 8.00. The lowest BCUT2D eigenvalue weighted by Crippen LogP contribution is -2.54. The van der Waals surface area contributed by atoms with Crippen LogP contribution < -0.4 is 4.74 Å². The summed E-state index contributed by atoms with van der Waals surface area (Å²) in [6.45, 7) is 15.2. The Hall–Kier alpha value is -2.08. The number of fused-ring (bicyclic) bond motifs is 4. The number of aliphatic carboxylic acids is 1. The molecule has 4 atom stereocenters. The number of carbonyl (C=O) groups is 2. The maximum Gasteiger partial charge on any atom is 0.303 e. The fraction of sp³-hybridized carbons (Fsp3) is 0.704. The highest BCUT2D eigenvalue weighted by molar-refractivity contribution is 5.79. The predicted octanol–water partition coefficient (Wildman–Crippen LogP) is 5.09. The second-order valence-corrected chi connectivity index (χ2v) is 12.5. The number of amides is 1. The third-order valence-electron chi connectivity index (χ3n) is 7.69. The van der Waals surface area contributed by atoms with Crippen molar-refractivity contribution in [2.75, 3.05) is 6.54 Å². The van der Waals surface area contributed by atoms with Gasteiger partial charge in [-0.2, -0.15) is 0 Å². The summed E-state index contributed by atoms with van der Waals surface area (Å²) in [5.41, 5.74) is 1.43. The number of rotatable bonds is 4. The smallest absolute Gasteiger partial charge is 0.303 e. The minimum atomic E-state index is -0.870. The highest BCUT2D eigenvalue weighted by Crippen LogP contribution is 2.53. The van der Waals surface area contributed by atoms with Crippen molar-refractivity contribution in [3.63, 3.8) is 0 Å². The van der Waals surface area contributed by atoms with Crippen LogP contribution in [-0.4, -0.2) is 46.2 Å². The van der Waals surface area contributed by atoms with E-state index in [1.54, 1.807) is 0 Å². The summed E-state index contributed by atoms with van der Waals surface area (Å²) in [4.78, 5) is 26.4. The second-order valence-electron chi connectivity index (χ2n) is 12.5. The van der Waals surface area contributed by atoms with Crippen molar-refractivity contribution in [1.29, 1.82) is 0 Å². The van der Waals surface area contributed by atoms with Crippen LogP contribution in [-0.2, 0) is 19.7 Å². The molecule has 6 nitrogen and oxygen atoms in total. The van der Waals surface area contributed by atoms with Gasteiger partial charge in [0.05, 0.1) is 24.7 Å². The zero-order chi connectivity index (χ0) is 24.3. The van der Waals surface area contributed by atoms with Gasteiger partial charge in [0.15, 0.2) is 0 Å². The highest BCUT2D eigenvalue weighted by atomic mass is 16.5. The summed E-state index contributed by atoms with van der Waals surface area (Å²) in [6.07, 6.45) is 1.80. The van der Waals surface area contributed by atoms with Gasteiger partial charge in [-0.15, -0.1) is 0 Å². The summed E-state index contributed by atoms with van der Waals surface area (Å²) in [7, 11) is 0. The number of ether oxygens (including phenoxy) is 2. The van der Waals surface area contributed by atoms with Gasteiger partial charge in [-0.05, 0) is 55.2 Å². The molecule has 0 unspecified atom stereocenters. The summed E-state index contributed by atoms with van der Waals surface area (Å²) in [5, 5.41) is 9.19. The molecule has 2 saturated heterocycles. The van der Waals surface area contributed by atoms with Crippen LogP contribution in [0.5, 0.6) is 5.75 Å². The zero-order valence-corrected chi connectivity index (χ0v) is 21.1. The molecule has 4 rings (SSSR count). The van der Waals surface area contributed by atoms with E-state index in [0.29, 0.717) is 6.54 Å². The van der Waals surface area contributed by atoms with Gasteiger partial charge in [0.2, 0.25) is 5.91 Å². The SMILES string of the molecule is CC(C)(CC(=O)O)CC(=O)N1CC[C@@H]2O[C@@H]3c4cc(C(C)(C)C)ccc4OC(C)(C)[C@H]3C[C@@H]21. The molecule has 1 aromatic carbocycles. The number of carboxylic acids is 1. The van der Waals surface area contributed by atoms with Gasteiger partial charge in [-0.1, -0.05) is 40.7 Å². The van der Waals surface area contributed by atoms with Crippen LogP contribution in [0, 0.1) is 11.3 Å². The Morgan fingerprint density at radius 1 is 1.15 bits per heavy atom. The number of hydrogen-bond donors (Lipinski definition) is 1. The van der Waals surface area contributed by atoms with Crippen LogP contribution in [0.4, 0.5) is 0 Å². The van der Waals surface area contributed by atoms with E-state index in [2.05, 4.69) is 52.8 Å². The van der Waals surface area contributed by atoms with Crippen molar-refractivity contribution < 1.29 is 24.2 Å². The first-order chi connectivity index (χ1) is 15.2. The summed E-state index contributed by atoms with van der Waals surface area (Å²) < 4.78 is 13.2. The van der Waals surface area contributed by atoms with Crippen LogP contribution in [0.25, 0.3) is 0 Å². The largest absolute Gasteiger partial charge is 0.487 e. The van der Waals surface area contributed by atoms with E-state index in [4.69, 9.17) is 9.47 Å². The Labute approximate surface area is 197 Å². The molecule has 0 radical (unpaired) electrons. The number of likely N-dealkylation sites (tertiary alicyclic amines) is 1. The molecule has 1 N–H and O–H groups in total. The van der Waals surface area contributed by atoms with E-state index in [9.17, 15) is 14.7 Å². The normalized spacial score (nSPS) is 28.4. The third kappa shape index (κ3) is 4.64. The average molecular weight is 458 g/mol. The monoisotopic (exact) mass is 457 g/mol. The zero-order valence-electron chi connectivity index (χ0n) is 21.1. The lowest BCUT2D eigenvalue weighted by molar-refractivity contribution is -0.168. The van der Waals surface area contributed by atoms with Crippen LogP contribution in [0.1, 0.15) is 91.4 Å². The molecular weight excluding hydrogens is 418 g/mol. The van der Waals surface area contributed by atoms with Gasteiger partial charge in [-0.3, -0.25) is 9.59 Å². The van der Waals surface area contributed by atoms with E-state index in [0.717, 1.165) is 24.2 Å². The molecule has 182 valence electrons. The minimum Gasteiger partial charge on any atom is -0.487 e. The first-order valence-corrected chi connectivity index (χ1v) is 12.2. The standard InChI is InChI=1S/C27H39NO5/c1-25(2,3)16-8-9-20-17(12-16)24-18(27(6,7)33-20)13-19-21(32-24)10-11-28(19)22(29)14-26(4,5)15-23(30)31/h8-9,12,18-19,21,24H,10-11,13-15H2,1-7H3,(H,30,31)/t18-,19-,21-,24+/m0/s1. The van der Waals surface area contributed by atoms with Crippen molar-refractivity contribution in [2.45, 2.75) is 103 Å².